The Bertz CT molecular complexity index is 889. The molecule has 3 N–H and O–H groups in total. The Labute approximate surface area is 160 Å². The summed E-state index contributed by atoms with van der Waals surface area (Å²) in [6.45, 7) is 1.01. The van der Waals surface area contributed by atoms with Crippen molar-refractivity contribution in [2.45, 2.75) is 5.92 Å². The number of nitrogens with two attached hydrogens (primary N) is 1. The van der Waals surface area contributed by atoms with E-state index >= 15 is 0 Å². The molecule has 1 amide bonds. The van der Waals surface area contributed by atoms with E-state index in [1.54, 1.807) is 6.08 Å². The van der Waals surface area contributed by atoms with Gasteiger partial charge < -0.3 is 11.1 Å². The molecule has 0 spiro atoms. The molecule has 0 radical (unpaired) electrons. The molecule has 3 aromatic rings. The van der Waals surface area contributed by atoms with Gasteiger partial charge in [-0.15, -0.1) is 0 Å². The minimum atomic E-state index is -0.118. The minimum Gasteiger partial charge on any atom is -0.352 e. The van der Waals surface area contributed by atoms with E-state index in [0.29, 0.717) is 13.1 Å². The van der Waals surface area contributed by atoms with Crippen LogP contribution in [0.25, 0.3) is 17.2 Å². The largest absolute Gasteiger partial charge is 0.352 e. The molecule has 0 saturated heterocycles. The summed E-state index contributed by atoms with van der Waals surface area (Å²) < 4.78 is 0. The zero-order chi connectivity index (χ0) is 18.9. The molecule has 136 valence electrons. The van der Waals surface area contributed by atoms with E-state index < -0.39 is 0 Å². The molecule has 3 heteroatoms. The number of rotatable bonds is 7. The van der Waals surface area contributed by atoms with Gasteiger partial charge in [0, 0.05) is 25.1 Å². The van der Waals surface area contributed by atoms with Crippen molar-refractivity contribution in [3.05, 3.63) is 102 Å². The molecule has 3 rings (SSSR count). The highest BCUT2D eigenvalue weighted by Gasteiger charge is 2.10. The van der Waals surface area contributed by atoms with Crippen molar-refractivity contribution in [1.29, 1.82) is 0 Å². The molecule has 0 aliphatic rings. The summed E-state index contributed by atoms with van der Waals surface area (Å²) in [5.41, 5.74) is 10.3. The summed E-state index contributed by atoms with van der Waals surface area (Å²) in [4.78, 5) is 12.3. The van der Waals surface area contributed by atoms with E-state index in [2.05, 4.69) is 23.5 Å². The number of hydrogen-bond acceptors (Lipinski definition) is 2. The molecular formula is C24H24N2O. The molecule has 1 atom stereocenters. The van der Waals surface area contributed by atoms with Gasteiger partial charge in [0.25, 0.3) is 0 Å². The second-order valence-corrected chi connectivity index (χ2v) is 6.38. The van der Waals surface area contributed by atoms with E-state index in [4.69, 9.17) is 5.73 Å². The molecule has 0 aromatic heterocycles. The summed E-state index contributed by atoms with van der Waals surface area (Å²) in [5, 5.41) is 2.96. The van der Waals surface area contributed by atoms with Gasteiger partial charge in [-0.3, -0.25) is 4.79 Å². The highest BCUT2D eigenvalue weighted by molar-refractivity contribution is 5.93. The van der Waals surface area contributed by atoms with Gasteiger partial charge in [-0.2, -0.15) is 0 Å². The van der Waals surface area contributed by atoms with Gasteiger partial charge in [-0.1, -0.05) is 84.9 Å². The van der Waals surface area contributed by atoms with Gasteiger partial charge >= 0.3 is 0 Å². The lowest BCUT2D eigenvalue weighted by Crippen LogP contribution is -2.30. The van der Waals surface area contributed by atoms with Crippen LogP contribution in [0.15, 0.2) is 91.0 Å². The molecule has 0 aliphatic heterocycles. The third-order valence-electron chi connectivity index (χ3n) is 4.54. The average Bonchev–Trinajstić information content (AvgIpc) is 2.74. The molecular weight excluding hydrogens is 332 g/mol. The normalized spacial score (nSPS) is 12.0. The van der Waals surface area contributed by atoms with Gasteiger partial charge in [-0.25, -0.2) is 0 Å². The molecule has 0 fully saturated rings. The molecule has 0 bridgehead atoms. The van der Waals surface area contributed by atoms with Crippen LogP contribution in [-0.4, -0.2) is 19.0 Å². The van der Waals surface area contributed by atoms with Crippen LogP contribution in [0.4, 0.5) is 0 Å². The first-order valence-corrected chi connectivity index (χ1v) is 9.13. The van der Waals surface area contributed by atoms with Gasteiger partial charge in [0.05, 0.1) is 0 Å². The highest BCUT2D eigenvalue weighted by atomic mass is 16.1. The van der Waals surface area contributed by atoms with E-state index in [0.717, 1.165) is 22.3 Å². The van der Waals surface area contributed by atoms with Crippen LogP contribution in [0, 0.1) is 0 Å². The molecule has 27 heavy (non-hydrogen) atoms. The van der Waals surface area contributed by atoms with E-state index in [9.17, 15) is 4.79 Å². The summed E-state index contributed by atoms with van der Waals surface area (Å²) in [6.07, 6.45) is 3.44. The topological polar surface area (TPSA) is 55.1 Å². The molecule has 0 heterocycles. The summed E-state index contributed by atoms with van der Waals surface area (Å²) in [7, 11) is 0. The Morgan fingerprint density at radius 3 is 2.22 bits per heavy atom. The predicted octanol–water partition coefficient (Wildman–Crippen LogP) is 4.23. The number of carbonyl (C=O) groups is 1. The van der Waals surface area contributed by atoms with Crippen LogP contribution in [0.2, 0.25) is 0 Å². The minimum absolute atomic E-state index is 0.111. The lowest BCUT2D eigenvalue weighted by Gasteiger charge is -2.15. The summed E-state index contributed by atoms with van der Waals surface area (Å²) in [5.74, 6) is -0.00704. The molecule has 3 nitrogen and oxygen atoms in total. The van der Waals surface area contributed by atoms with Gasteiger partial charge in [0.15, 0.2) is 0 Å². The van der Waals surface area contributed by atoms with Crippen molar-refractivity contribution < 1.29 is 4.79 Å². The molecule has 3 aromatic carbocycles. The Kier molecular flexibility index (Phi) is 6.55. The summed E-state index contributed by atoms with van der Waals surface area (Å²) >= 11 is 0. The first-order valence-electron chi connectivity index (χ1n) is 9.13. The second kappa shape index (κ2) is 9.51. The second-order valence-electron chi connectivity index (χ2n) is 6.38. The SMILES string of the molecule is NCC(CNC(=O)/C=C/c1ccccc1-c1ccccc1)c1ccccc1. The van der Waals surface area contributed by atoms with Crippen LogP contribution in [-0.2, 0) is 4.79 Å². The maximum atomic E-state index is 12.3. The Morgan fingerprint density at radius 1 is 0.889 bits per heavy atom. The van der Waals surface area contributed by atoms with E-state index in [1.165, 1.54) is 0 Å². The number of hydrogen-bond donors (Lipinski definition) is 2. The Hall–Kier alpha value is -3.17. The van der Waals surface area contributed by atoms with Gasteiger partial charge in [0.2, 0.25) is 5.91 Å². The van der Waals surface area contributed by atoms with Crippen LogP contribution >= 0.6 is 0 Å². The van der Waals surface area contributed by atoms with E-state index in [1.807, 2.05) is 72.8 Å². The molecule has 1 unspecified atom stereocenters. The molecule has 0 saturated carbocycles. The fraction of sp³-hybridized carbons (Fsp3) is 0.125. The number of nitrogens with one attached hydrogen (secondary N) is 1. The first kappa shape index (κ1) is 18.6. The number of carbonyl (C=O) groups excluding carboxylic acids is 1. The monoisotopic (exact) mass is 356 g/mol. The smallest absolute Gasteiger partial charge is 0.244 e. The standard InChI is InChI=1S/C24H24N2O/c25-17-22(19-9-3-1-4-10-19)18-26-24(27)16-15-21-13-7-8-14-23(21)20-11-5-2-6-12-20/h1-16,22H,17-18,25H2,(H,26,27)/b16-15+. The Balaban J connectivity index is 1.66. The predicted molar refractivity (Wildman–Crippen MR) is 112 cm³/mol. The highest BCUT2D eigenvalue weighted by Crippen LogP contribution is 2.24. The third-order valence-corrected chi connectivity index (χ3v) is 4.54. The first-order chi connectivity index (χ1) is 13.3. The van der Waals surface area contributed by atoms with E-state index in [-0.39, 0.29) is 11.8 Å². The average molecular weight is 356 g/mol. The van der Waals surface area contributed by atoms with Crippen LogP contribution in [0.1, 0.15) is 17.0 Å². The maximum Gasteiger partial charge on any atom is 0.244 e. The van der Waals surface area contributed by atoms with Crippen LogP contribution < -0.4 is 11.1 Å². The van der Waals surface area contributed by atoms with Crippen molar-refractivity contribution in [2.24, 2.45) is 5.73 Å². The fourth-order valence-electron chi connectivity index (χ4n) is 3.03. The fourth-order valence-corrected chi connectivity index (χ4v) is 3.03. The lowest BCUT2D eigenvalue weighted by atomic mass is 9.99. The number of benzene rings is 3. The third kappa shape index (κ3) is 5.16. The van der Waals surface area contributed by atoms with Crippen molar-refractivity contribution in [3.8, 4) is 11.1 Å². The lowest BCUT2D eigenvalue weighted by molar-refractivity contribution is -0.116. The number of amides is 1. The van der Waals surface area contributed by atoms with Gasteiger partial charge in [-0.05, 0) is 28.3 Å². The van der Waals surface area contributed by atoms with Crippen molar-refractivity contribution >= 4 is 12.0 Å². The zero-order valence-electron chi connectivity index (χ0n) is 15.2. The van der Waals surface area contributed by atoms with Gasteiger partial charge in [0.1, 0.15) is 0 Å². The Morgan fingerprint density at radius 2 is 1.52 bits per heavy atom. The maximum absolute atomic E-state index is 12.3. The zero-order valence-corrected chi connectivity index (χ0v) is 15.2. The van der Waals surface area contributed by atoms with Crippen molar-refractivity contribution in [2.75, 3.05) is 13.1 Å². The molecule has 0 aliphatic carbocycles. The van der Waals surface area contributed by atoms with Crippen LogP contribution in [0.5, 0.6) is 0 Å². The van der Waals surface area contributed by atoms with Crippen LogP contribution in [0.3, 0.4) is 0 Å². The quantitative estimate of drug-likeness (QED) is 0.623. The summed E-state index contributed by atoms with van der Waals surface area (Å²) in [6, 6.07) is 28.2. The van der Waals surface area contributed by atoms with Crippen molar-refractivity contribution in [1.82, 2.24) is 5.32 Å². The van der Waals surface area contributed by atoms with Crippen molar-refractivity contribution in [3.63, 3.8) is 0 Å².